The van der Waals surface area contributed by atoms with E-state index in [0.717, 1.165) is 11.1 Å². The van der Waals surface area contributed by atoms with Crippen molar-refractivity contribution in [3.8, 4) is 11.3 Å². The van der Waals surface area contributed by atoms with Gasteiger partial charge >= 0.3 is 0 Å². The molecule has 0 aliphatic heterocycles. The standard InChI is InChI=1S/C15H18ClN5O/c1-9-3-5-10(6-4-9)13-11(7-19-8-12(22)18-2)14(16)21-15(17)20-13/h3-6,19H,7-8H2,1-2H3,(H,18,22)(H2,17,20,21). The largest absolute Gasteiger partial charge is 0.368 e. The Hall–Kier alpha value is -2.18. The van der Waals surface area contributed by atoms with Crippen molar-refractivity contribution in [3.63, 3.8) is 0 Å². The van der Waals surface area contributed by atoms with E-state index in [1.807, 2.05) is 31.2 Å². The molecule has 0 aliphatic rings. The molecule has 1 aromatic carbocycles. The highest BCUT2D eigenvalue weighted by Crippen LogP contribution is 2.27. The van der Waals surface area contributed by atoms with Crippen molar-refractivity contribution < 1.29 is 4.79 Å². The van der Waals surface area contributed by atoms with E-state index >= 15 is 0 Å². The maximum absolute atomic E-state index is 11.3. The van der Waals surface area contributed by atoms with Crippen molar-refractivity contribution in [1.29, 1.82) is 0 Å². The molecule has 116 valence electrons. The van der Waals surface area contributed by atoms with Gasteiger partial charge in [-0.05, 0) is 6.92 Å². The summed E-state index contributed by atoms with van der Waals surface area (Å²) in [4.78, 5) is 19.6. The molecular weight excluding hydrogens is 302 g/mol. The van der Waals surface area contributed by atoms with Gasteiger partial charge in [0.1, 0.15) is 5.15 Å². The van der Waals surface area contributed by atoms with Crippen LogP contribution in [-0.4, -0.2) is 29.5 Å². The topological polar surface area (TPSA) is 92.9 Å². The highest BCUT2D eigenvalue weighted by Gasteiger charge is 2.14. The summed E-state index contributed by atoms with van der Waals surface area (Å²) >= 11 is 6.19. The lowest BCUT2D eigenvalue weighted by atomic mass is 10.1. The van der Waals surface area contributed by atoms with Gasteiger partial charge in [0, 0.05) is 24.7 Å². The molecule has 0 saturated carbocycles. The van der Waals surface area contributed by atoms with Crippen LogP contribution in [0.1, 0.15) is 11.1 Å². The number of halogens is 1. The molecule has 0 saturated heterocycles. The highest BCUT2D eigenvalue weighted by atomic mass is 35.5. The molecule has 1 aromatic heterocycles. The average molecular weight is 320 g/mol. The van der Waals surface area contributed by atoms with Gasteiger partial charge in [-0.3, -0.25) is 4.79 Å². The Morgan fingerprint density at radius 1 is 1.27 bits per heavy atom. The van der Waals surface area contributed by atoms with E-state index < -0.39 is 0 Å². The summed E-state index contributed by atoms with van der Waals surface area (Å²) in [5, 5.41) is 5.84. The SMILES string of the molecule is CNC(=O)CNCc1c(Cl)nc(N)nc1-c1ccc(C)cc1. The van der Waals surface area contributed by atoms with Crippen LogP contribution in [0.5, 0.6) is 0 Å². The van der Waals surface area contributed by atoms with Crippen LogP contribution < -0.4 is 16.4 Å². The molecule has 4 N–H and O–H groups in total. The predicted octanol–water partition coefficient (Wildman–Crippen LogP) is 1.52. The minimum atomic E-state index is -0.107. The Balaban J connectivity index is 2.31. The molecule has 2 rings (SSSR count). The lowest BCUT2D eigenvalue weighted by molar-refractivity contribution is -0.119. The molecule has 22 heavy (non-hydrogen) atoms. The van der Waals surface area contributed by atoms with E-state index in [4.69, 9.17) is 17.3 Å². The Bertz CT molecular complexity index is 672. The summed E-state index contributed by atoms with van der Waals surface area (Å²) < 4.78 is 0. The molecular formula is C15H18ClN5O. The second kappa shape index (κ2) is 7.20. The molecule has 7 heteroatoms. The summed E-state index contributed by atoms with van der Waals surface area (Å²) in [6, 6.07) is 7.89. The van der Waals surface area contributed by atoms with Crippen LogP contribution in [0.4, 0.5) is 5.95 Å². The number of aromatic nitrogens is 2. The first-order valence-corrected chi connectivity index (χ1v) is 7.19. The van der Waals surface area contributed by atoms with Crippen molar-refractivity contribution >= 4 is 23.5 Å². The molecule has 1 heterocycles. The number of anilines is 1. The van der Waals surface area contributed by atoms with E-state index in [1.54, 1.807) is 7.05 Å². The van der Waals surface area contributed by atoms with Crippen LogP contribution in [0, 0.1) is 6.92 Å². The summed E-state index contributed by atoms with van der Waals surface area (Å²) in [6.45, 7) is 2.57. The van der Waals surface area contributed by atoms with Gasteiger partial charge in [0.15, 0.2) is 0 Å². The van der Waals surface area contributed by atoms with Crippen LogP contribution >= 0.6 is 11.6 Å². The molecule has 0 radical (unpaired) electrons. The molecule has 0 aliphatic carbocycles. The van der Waals surface area contributed by atoms with Gasteiger partial charge in [0.25, 0.3) is 0 Å². The maximum Gasteiger partial charge on any atom is 0.233 e. The van der Waals surface area contributed by atoms with Crippen molar-refractivity contribution in [3.05, 3.63) is 40.5 Å². The summed E-state index contributed by atoms with van der Waals surface area (Å²) in [6.07, 6.45) is 0. The van der Waals surface area contributed by atoms with Crippen LogP contribution in [0.25, 0.3) is 11.3 Å². The van der Waals surface area contributed by atoms with Crippen LogP contribution in [0.3, 0.4) is 0 Å². The van der Waals surface area contributed by atoms with Crippen LogP contribution in [0.15, 0.2) is 24.3 Å². The summed E-state index contributed by atoms with van der Waals surface area (Å²) in [5.41, 5.74) is 9.13. The maximum atomic E-state index is 11.3. The van der Waals surface area contributed by atoms with Gasteiger partial charge in [-0.1, -0.05) is 41.4 Å². The Morgan fingerprint density at radius 3 is 2.59 bits per heavy atom. The summed E-state index contributed by atoms with van der Waals surface area (Å²) in [5.74, 6) is 0.0139. The first kappa shape index (κ1) is 16.2. The number of nitrogens with two attached hydrogens (primary N) is 1. The fourth-order valence-electron chi connectivity index (χ4n) is 1.97. The van der Waals surface area contributed by atoms with E-state index in [9.17, 15) is 4.79 Å². The molecule has 0 fully saturated rings. The smallest absolute Gasteiger partial charge is 0.233 e. The number of aryl methyl sites for hydroxylation is 1. The lowest BCUT2D eigenvalue weighted by Crippen LogP contribution is -2.31. The number of nitrogens with one attached hydrogen (secondary N) is 2. The Labute approximate surface area is 134 Å². The number of nitrogen functional groups attached to an aromatic ring is 1. The molecule has 2 aromatic rings. The zero-order valence-electron chi connectivity index (χ0n) is 12.5. The second-order valence-corrected chi connectivity index (χ2v) is 5.20. The van der Waals surface area contributed by atoms with Crippen molar-refractivity contribution in [2.45, 2.75) is 13.5 Å². The monoisotopic (exact) mass is 319 g/mol. The molecule has 0 spiro atoms. The number of likely N-dealkylation sites (N-methyl/N-ethyl adjacent to an activating group) is 1. The molecule has 6 nitrogen and oxygen atoms in total. The van der Waals surface area contributed by atoms with E-state index in [2.05, 4.69) is 20.6 Å². The number of hydrogen-bond donors (Lipinski definition) is 3. The van der Waals surface area contributed by atoms with Gasteiger partial charge in [-0.2, -0.15) is 0 Å². The first-order chi connectivity index (χ1) is 10.5. The Kier molecular flexibility index (Phi) is 5.30. The average Bonchev–Trinajstić information content (AvgIpc) is 2.49. The van der Waals surface area contributed by atoms with Crippen molar-refractivity contribution in [1.82, 2.24) is 20.6 Å². The zero-order chi connectivity index (χ0) is 16.1. The normalized spacial score (nSPS) is 10.5. The zero-order valence-corrected chi connectivity index (χ0v) is 13.2. The third kappa shape index (κ3) is 3.93. The van der Waals surface area contributed by atoms with Crippen molar-refractivity contribution in [2.24, 2.45) is 0 Å². The van der Waals surface area contributed by atoms with E-state index in [0.29, 0.717) is 17.8 Å². The third-order valence-corrected chi connectivity index (χ3v) is 3.48. The van der Waals surface area contributed by atoms with Crippen LogP contribution in [0.2, 0.25) is 5.15 Å². The third-order valence-electron chi connectivity index (χ3n) is 3.17. The van der Waals surface area contributed by atoms with Gasteiger partial charge < -0.3 is 16.4 Å². The predicted molar refractivity (Wildman–Crippen MR) is 87.4 cm³/mol. The van der Waals surface area contributed by atoms with Crippen LogP contribution in [-0.2, 0) is 11.3 Å². The van der Waals surface area contributed by atoms with Crippen molar-refractivity contribution in [2.75, 3.05) is 19.3 Å². The van der Waals surface area contributed by atoms with Gasteiger partial charge in [-0.15, -0.1) is 0 Å². The second-order valence-electron chi connectivity index (χ2n) is 4.84. The number of amides is 1. The quantitative estimate of drug-likeness (QED) is 0.727. The molecule has 0 atom stereocenters. The van der Waals surface area contributed by atoms with E-state index in [1.165, 1.54) is 0 Å². The minimum absolute atomic E-state index is 0.107. The fraction of sp³-hybridized carbons (Fsp3) is 0.267. The number of benzene rings is 1. The highest BCUT2D eigenvalue weighted by molar-refractivity contribution is 6.30. The number of carbonyl (C=O) groups excluding carboxylic acids is 1. The molecule has 0 bridgehead atoms. The Morgan fingerprint density at radius 2 is 1.95 bits per heavy atom. The minimum Gasteiger partial charge on any atom is -0.368 e. The number of carbonyl (C=O) groups is 1. The van der Waals surface area contributed by atoms with E-state index in [-0.39, 0.29) is 23.6 Å². The summed E-state index contributed by atoms with van der Waals surface area (Å²) in [7, 11) is 1.58. The molecule has 0 unspecified atom stereocenters. The van der Waals surface area contributed by atoms with Gasteiger partial charge in [-0.25, -0.2) is 9.97 Å². The fourth-order valence-corrected chi connectivity index (χ4v) is 2.21. The number of rotatable bonds is 5. The lowest BCUT2D eigenvalue weighted by Gasteiger charge is -2.12. The first-order valence-electron chi connectivity index (χ1n) is 6.81. The number of nitrogens with zero attached hydrogens (tertiary/aromatic N) is 2. The van der Waals surface area contributed by atoms with Gasteiger partial charge in [0.2, 0.25) is 11.9 Å². The number of hydrogen-bond acceptors (Lipinski definition) is 5. The van der Waals surface area contributed by atoms with Gasteiger partial charge in [0.05, 0.1) is 12.2 Å². The molecule has 1 amide bonds.